The Morgan fingerprint density at radius 3 is 2.33 bits per heavy atom. The van der Waals surface area contributed by atoms with Crippen molar-refractivity contribution in [2.24, 2.45) is 0 Å². The fourth-order valence-corrected chi connectivity index (χ4v) is 5.43. The summed E-state index contributed by atoms with van der Waals surface area (Å²) in [5.41, 5.74) is 5.79. The van der Waals surface area contributed by atoms with Crippen LogP contribution in [0.3, 0.4) is 0 Å². The molecule has 0 aliphatic carbocycles. The number of aryl methyl sites for hydroxylation is 2. The first-order chi connectivity index (χ1) is 17.3. The van der Waals surface area contributed by atoms with Crippen molar-refractivity contribution in [1.82, 2.24) is 9.55 Å². The third kappa shape index (κ3) is 4.28. The predicted molar refractivity (Wildman–Crippen MR) is 144 cm³/mol. The number of amides is 2. The van der Waals surface area contributed by atoms with Gasteiger partial charge in [0.2, 0.25) is 11.8 Å². The zero-order valence-electron chi connectivity index (χ0n) is 21.3. The molecule has 1 atom stereocenters. The number of nitrogens with zero attached hydrogens (tertiary/aromatic N) is 4. The highest BCUT2D eigenvalue weighted by atomic mass is 16.2. The number of aromatic nitrogens is 2. The summed E-state index contributed by atoms with van der Waals surface area (Å²) in [6.07, 6.45) is 0.373. The van der Waals surface area contributed by atoms with E-state index >= 15 is 0 Å². The largest absolute Gasteiger partial charge is 0.318 e. The first-order valence-corrected chi connectivity index (χ1v) is 12.5. The molecule has 184 valence electrons. The lowest BCUT2D eigenvalue weighted by atomic mass is 10.1. The Bertz CT molecular complexity index is 1400. The molecule has 0 N–H and O–H groups in total. The first kappa shape index (κ1) is 23.8. The molecule has 3 aromatic carbocycles. The minimum Gasteiger partial charge on any atom is -0.318 e. The van der Waals surface area contributed by atoms with Crippen molar-refractivity contribution >= 4 is 34.2 Å². The van der Waals surface area contributed by atoms with Crippen LogP contribution in [0, 0.1) is 13.8 Å². The van der Waals surface area contributed by atoms with Crippen molar-refractivity contribution in [3.63, 3.8) is 0 Å². The number of anilines is 2. The average molecular weight is 481 g/mol. The van der Waals surface area contributed by atoms with Crippen molar-refractivity contribution < 1.29 is 9.59 Å². The molecular formula is C30H32N4O2. The summed E-state index contributed by atoms with van der Waals surface area (Å²) in [4.78, 5) is 35.6. The van der Waals surface area contributed by atoms with E-state index in [1.165, 1.54) is 0 Å². The quantitative estimate of drug-likeness (QED) is 0.360. The second-order valence-electron chi connectivity index (χ2n) is 9.88. The van der Waals surface area contributed by atoms with E-state index < -0.39 is 0 Å². The zero-order chi connectivity index (χ0) is 25.4. The van der Waals surface area contributed by atoms with Crippen LogP contribution in [-0.4, -0.2) is 34.0 Å². The van der Waals surface area contributed by atoms with Crippen LogP contribution in [-0.2, 0) is 16.1 Å². The first-order valence-electron chi connectivity index (χ1n) is 12.5. The van der Waals surface area contributed by atoms with Gasteiger partial charge in [0.05, 0.1) is 11.0 Å². The molecule has 2 amide bonds. The maximum absolute atomic E-state index is 13.7. The molecule has 1 aliphatic heterocycles. The smallest absolute Gasteiger partial charge is 0.247 e. The summed E-state index contributed by atoms with van der Waals surface area (Å²) in [6.45, 7) is 8.85. The molecule has 0 bridgehead atoms. The van der Waals surface area contributed by atoms with E-state index in [0.29, 0.717) is 13.0 Å². The summed E-state index contributed by atoms with van der Waals surface area (Å²) >= 11 is 0. The fraction of sp³-hybridized carbons (Fsp3) is 0.300. The van der Waals surface area contributed by atoms with Crippen LogP contribution in [0.5, 0.6) is 0 Å². The summed E-state index contributed by atoms with van der Waals surface area (Å²) in [5.74, 6) is 0.788. The summed E-state index contributed by atoms with van der Waals surface area (Å²) < 4.78 is 2.02. The van der Waals surface area contributed by atoms with Gasteiger partial charge in [-0.05, 0) is 63.1 Å². The number of para-hydroxylation sites is 4. The Morgan fingerprint density at radius 1 is 0.972 bits per heavy atom. The van der Waals surface area contributed by atoms with Gasteiger partial charge in [-0.15, -0.1) is 0 Å². The van der Waals surface area contributed by atoms with E-state index in [4.69, 9.17) is 4.98 Å². The van der Waals surface area contributed by atoms with Crippen LogP contribution in [0.4, 0.5) is 11.4 Å². The number of rotatable bonds is 6. The van der Waals surface area contributed by atoms with Gasteiger partial charge in [-0.25, -0.2) is 4.98 Å². The van der Waals surface area contributed by atoms with E-state index in [2.05, 4.69) is 0 Å². The van der Waals surface area contributed by atoms with Crippen LogP contribution in [0.25, 0.3) is 11.0 Å². The van der Waals surface area contributed by atoms with Crippen molar-refractivity contribution in [2.75, 3.05) is 16.3 Å². The van der Waals surface area contributed by atoms with Gasteiger partial charge in [0.15, 0.2) is 0 Å². The normalized spacial score (nSPS) is 15.8. The van der Waals surface area contributed by atoms with Crippen molar-refractivity contribution in [2.45, 2.75) is 52.6 Å². The molecule has 1 aliphatic rings. The summed E-state index contributed by atoms with van der Waals surface area (Å²) in [5, 5.41) is 0. The van der Waals surface area contributed by atoms with Gasteiger partial charge >= 0.3 is 0 Å². The van der Waals surface area contributed by atoms with Crippen molar-refractivity contribution in [3.8, 4) is 0 Å². The van der Waals surface area contributed by atoms with E-state index in [0.717, 1.165) is 39.4 Å². The molecule has 2 heterocycles. The molecule has 36 heavy (non-hydrogen) atoms. The molecule has 5 rings (SSSR count). The molecule has 0 saturated carbocycles. The van der Waals surface area contributed by atoms with E-state index in [9.17, 15) is 9.59 Å². The van der Waals surface area contributed by atoms with Gasteiger partial charge in [-0.3, -0.25) is 9.59 Å². The molecule has 0 radical (unpaired) electrons. The molecule has 6 nitrogen and oxygen atoms in total. The molecule has 1 aromatic heterocycles. The SMILES string of the molecule is Cc1cccc(C)c1N1CC(c2nc3ccccc3n2CC(=O)N(c2ccccc2)C(C)C)CC1=O. The van der Waals surface area contributed by atoms with Gasteiger partial charge in [0, 0.05) is 36.3 Å². The molecule has 1 unspecified atom stereocenters. The lowest BCUT2D eigenvalue weighted by Crippen LogP contribution is -2.39. The van der Waals surface area contributed by atoms with Crippen molar-refractivity contribution in [3.05, 3.63) is 89.7 Å². The highest BCUT2D eigenvalue weighted by Crippen LogP contribution is 2.36. The Balaban J connectivity index is 1.51. The molecule has 6 heteroatoms. The molecule has 4 aromatic rings. The second kappa shape index (κ2) is 9.61. The number of carbonyl (C=O) groups excluding carboxylic acids is 2. The van der Waals surface area contributed by atoms with Gasteiger partial charge in [-0.1, -0.05) is 48.5 Å². The van der Waals surface area contributed by atoms with E-state index in [1.54, 1.807) is 0 Å². The van der Waals surface area contributed by atoms with Crippen LogP contribution >= 0.6 is 0 Å². The van der Waals surface area contributed by atoms with Crippen LogP contribution in [0.15, 0.2) is 72.8 Å². The Hall–Kier alpha value is -3.93. The lowest BCUT2D eigenvalue weighted by molar-refractivity contribution is -0.119. The second-order valence-corrected chi connectivity index (χ2v) is 9.88. The minimum atomic E-state index is -0.0964. The van der Waals surface area contributed by atoms with Gasteiger partial charge < -0.3 is 14.4 Å². The van der Waals surface area contributed by atoms with Gasteiger partial charge in [0.25, 0.3) is 0 Å². The standard InChI is InChI=1S/C30H32N4O2/c1-20(2)34(24-13-6-5-7-14-24)28(36)19-32-26-16-9-8-15-25(26)31-30(32)23-17-27(35)33(18-23)29-21(3)11-10-12-22(29)4/h5-16,20,23H,17-19H2,1-4H3. The third-order valence-corrected chi connectivity index (χ3v) is 7.00. The van der Waals surface area contributed by atoms with E-state index in [1.807, 2.05) is 115 Å². The lowest BCUT2D eigenvalue weighted by Gasteiger charge is -2.28. The number of benzene rings is 3. The van der Waals surface area contributed by atoms with Gasteiger partial charge in [0.1, 0.15) is 12.4 Å². The van der Waals surface area contributed by atoms with Crippen molar-refractivity contribution in [1.29, 1.82) is 0 Å². The monoisotopic (exact) mass is 480 g/mol. The highest BCUT2D eigenvalue weighted by Gasteiger charge is 2.36. The number of hydrogen-bond donors (Lipinski definition) is 0. The number of hydrogen-bond acceptors (Lipinski definition) is 3. The zero-order valence-corrected chi connectivity index (χ0v) is 21.3. The number of fused-ring (bicyclic) bond motifs is 1. The Kier molecular flexibility index (Phi) is 6.35. The maximum Gasteiger partial charge on any atom is 0.247 e. The Morgan fingerprint density at radius 2 is 1.64 bits per heavy atom. The fourth-order valence-electron chi connectivity index (χ4n) is 5.43. The van der Waals surface area contributed by atoms with E-state index in [-0.39, 0.29) is 30.3 Å². The van der Waals surface area contributed by atoms with Crippen LogP contribution in [0.1, 0.15) is 43.1 Å². The van der Waals surface area contributed by atoms with Crippen LogP contribution in [0.2, 0.25) is 0 Å². The molecule has 0 spiro atoms. The highest BCUT2D eigenvalue weighted by molar-refractivity contribution is 5.98. The number of imidazole rings is 1. The molecule has 1 fully saturated rings. The maximum atomic E-state index is 13.7. The average Bonchev–Trinajstić information content (AvgIpc) is 3.40. The molecule has 1 saturated heterocycles. The summed E-state index contributed by atoms with van der Waals surface area (Å²) in [7, 11) is 0. The minimum absolute atomic E-state index is 0.00321. The Labute approximate surface area is 212 Å². The third-order valence-electron chi connectivity index (χ3n) is 7.00. The van der Waals surface area contributed by atoms with Crippen LogP contribution < -0.4 is 9.80 Å². The number of carbonyl (C=O) groups is 2. The predicted octanol–water partition coefficient (Wildman–Crippen LogP) is 5.62. The summed E-state index contributed by atoms with van der Waals surface area (Å²) in [6, 6.07) is 23.8. The van der Waals surface area contributed by atoms with Gasteiger partial charge in [-0.2, -0.15) is 0 Å². The topological polar surface area (TPSA) is 58.4 Å². The molecular weight excluding hydrogens is 448 g/mol.